The summed E-state index contributed by atoms with van der Waals surface area (Å²) in [4.78, 5) is 39.0. The van der Waals surface area contributed by atoms with E-state index in [1.54, 1.807) is 63.7 Å². The quantitative estimate of drug-likeness (QED) is 0.175. The average Bonchev–Trinajstić information content (AvgIpc) is 3.49. The Morgan fingerprint density at radius 3 is 2.37 bits per heavy atom. The van der Waals surface area contributed by atoms with E-state index in [1.165, 1.54) is 20.0 Å². The van der Waals surface area contributed by atoms with Crippen molar-refractivity contribution in [3.63, 3.8) is 0 Å². The number of aryl methyl sites for hydroxylation is 3. The van der Waals surface area contributed by atoms with Crippen LogP contribution < -0.4 is 0 Å². The maximum Gasteiger partial charge on any atom is 0.269 e. The molecular weight excluding hydrogens is 663 g/mol. The number of carbonyl (C=O) groups excluding carboxylic acids is 2. The Labute approximate surface area is 299 Å². The molecule has 0 fully saturated rings. The number of aromatic nitrogens is 3. The highest BCUT2D eigenvalue weighted by Gasteiger charge is 2.26. The van der Waals surface area contributed by atoms with Gasteiger partial charge in [-0.05, 0) is 98.7 Å². The molecule has 266 valence electrons. The summed E-state index contributed by atoms with van der Waals surface area (Å²) in [5.41, 5.74) is 9.32. The Hall–Kier alpha value is -4.71. The number of carbonyl (C=O) groups is 2. The lowest BCUT2D eigenvalue weighted by Crippen LogP contribution is -2.32. The van der Waals surface area contributed by atoms with Crippen LogP contribution in [0, 0.1) is 20.8 Å². The lowest BCUT2D eigenvalue weighted by Gasteiger charge is -2.30. The monoisotopic (exact) mass is 707 g/mol. The normalized spacial score (nSPS) is 14.0. The summed E-state index contributed by atoms with van der Waals surface area (Å²) < 4.78 is 29.3. The van der Waals surface area contributed by atoms with E-state index in [1.807, 2.05) is 26.0 Å². The Morgan fingerprint density at radius 2 is 1.69 bits per heavy atom. The minimum atomic E-state index is -4.02. The van der Waals surface area contributed by atoms with Crippen LogP contribution in [0.2, 0.25) is 0 Å². The van der Waals surface area contributed by atoms with Crippen LogP contribution in [0.3, 0.4) is 0 Å². The molecule has 5 aromatic rings. The van der Waals surface area contributed by atoms with Gasteiger partial charge in [0, 0.05) is 69.5 Å². The van der Waals surface area contributed by atoms with E-state index in [0.29, 0.717) is 54.7 Å². The van der Waals surface area contributed by atoms with E-state index >= 15 is 0 Å². The number of rotatable bonds is 11. The molecule has 3 aromatic carbocycles. The summed E-state index contributed by atoms with van der Waals surface area (Å²) in [5, 5.41) is 9.54. The molecule has 11 heteroatoms. The standard InChI is InChI=1S/C40H45N5O5S/c1-25-7-12-33(13-8-25)51(49,50)45-24-36(29-10-14-35(27(3)19-29)40(48)43(5)6)38-39(45)41-22-37(42-38)30-20-26(2)34-16-18-44(23-31(34)21-30)17-15-32(47)11-9-28(4)46/h7-8,10,12-14,19-22,24,28,46H,9,11,15-18,23H2,1-6H3/t28-/m1/s1. The lowest BCUT2D eigenvalue weighted by atomic mass is 9.92. The lowest BCUT2D eigenvalue weighted by molar-refractivity contribution is -0.120. The first kappa shape index (κ1) is 36.1. The minimum absolute atomic E-state index is 0.116. The fraction of sp³-hybridized carbons (Fsp3) is 0.350. The molecule has 1 aliphatic rings. The van der Waals surface area contributed by atoms with Gasteiger partial charge in [-0.15, -0.1) is 0 Å². The van der Waals surface area contributed by atoms with Crippen LogP contribution >= 0.6 is 0 Å². The van der Waals surface area contributed by atoms with Gasteiger partial charge in [0.15, 0.2) is 5.65 Å². The van der Waals surface area contributed by atoms with Gasteiger partial charge in [0.2, 0.25) is 0 Å². The van der Waals surface area contributed by atoms with Crippen LogP contribution in [0.4, 0.5) is 0 Å². The summed E-state index contributed by atoms with van der Waals surface area (Å²) in [6.45, 7) is 9.81. The zero-order chi connectivity index (χ0) is 36.6. The van der Waals surface area contributed by atoms with Crippen LogP contribution in [0.5, 0.6) is 0 Å². The number of Topliss-reactive ketones (excluding diaryl/α,β-unsaturated/α-hetero) is 1. The zero-order valence-electron chi connectivity index (χ0n) is 30.1. The van der Waals surface area contributed by atoms with Gasteiger partial charge in [-0.3, -0.25) is 14.5 Å². The molecule has 0 radical (unpaired) electrons. The van der Waals surface area contributed by atoms with Crippen molar-refractivity contribution in [2.45, 2.75) is 70.9 Å². The first-order chi connectivity index (χ1) is 24.2. The number of hydrogen-bond acceptors (Lipinski definition) is 8. The number of hydrogen-bond donors (Lipinski definition) is 1. The molecule has 0 saturated carbocycles. The molecule has 6 rings (SSSR count). The maximum absolute atomic E-state index is 14.0. The summed E-state index contributed by atoms with van der Waals surface area (Å²) in [6, 6.07) is 16.4. The minimum Gasteiger partial charge on any atom is -0.393 e. The molecule has 10 nitrogen and oxygen atoms in total. The molecule has 0 bridgehead atoms. The summed E-state index contributed by atoms with van der Waals surface area (Å²) in [5.74, 6) is 0.0475. The van der Waals surface area contributed by atoms with Crippen LogP contribution in [0.25, 0.3) is 33.5 Å². The number of aliphatic hydroxyl groups is 1. The van der Waals surface area contributed by atoms with Gasteiger partial charge in [0.05, 0.1) is 22.9 Å². The van der Waals surface area contributed by atoms with Crippen molar-refractivity contribution >= 4 is 32.9 Å². The van der Waals surface area contributed by atoms with Crippen molar-refractivity contribution in [2.24, 2.45) is 0 Å². The van der Waals surface area contributed by atoms with Crippen molar-refractivity contribution in [1.82, 2.24) is 23.7 Å². The summed E-state index contributed by atoms with van der Waals surface area (Å²) in [6.07, 6.45) is 4.93. The van der Waals surface area contributed by atoms with Crippen molar-refractivity contribution in [3.05, 3.63) is 100 Å². The molecule has 0 spiro atoms. The molecule has 1 N–H and O–H groups in total. The Kier molecular flexibility index (Phi) is 10.3. The number of amides is 1. The van der Waals surface area contributed by atoms with Crippen LogP contribution in [0.15, 0.2) is 71.9 Å². The molecule has 0 aliphatic carbocycles. The molecule has 0 saturated heterocycles. The largest absolute Gasteiger partial charge is 0.393 e. The zero-order valence-corrected chi connectivity index (χ0v) is 30.9. The van der Waals surface area contributed by atoms with Gasteiger partial charge >= 0.3 is 0 Å². The van der Waals surface area contributed by atoms with Crippen molar-refractivity contribution in [3.8, 4) is 22.4 Å². The van der Waals surface area contributed by atoms with Crippen molar-refractivity contribution in [1.29, 1.82) is 0 Å². The summed E-state index contributed by atoms with van der Waals surface area (Å²) in [7, 11) is -0.609. The highest BCUT2D eigenvalue weighted by molar-refractivity contribution is 7.90. The van der Waals surface area contributed by atoms with E-state index in [-0.39, 0.29) is 22.2 Å². The first-order valence-corrected chi connectivity index (χ1v) is 18.7. The highest BCUT2D eigenvalue weighted by atomic mass is 32.2. The van der Waals surface area contributed by atoms with Gasteiger partial charge < -0.3 is 10.0 Å². The second-order valence-electron chi connectivity index (χ2n) is 13.9. The van der Waals surface area contributed by atoms with E-state index < -0.39 is 16.1 Å². The van der Waals surface area contributed by atoms with Crippen molar-refractivity contribution < 1.29 is 23.1 Å². The highest BCUT2D eigenvalue weighted by Crippen LogP contribution is 2.35. The number of fused-ring (bicyclic) bond motifs is 2. The second-order valence-corrected chi connectivity index (χ2v) is 15.8. The number of aliphatic hydroxyl groups excluding tert-OH is 1. The molecule has 51 heavy (non-hydrogen) atoms. The SMILES string of the molecule is Cc1ccc(S(=O)(=O)n2cc(-c3ccc(C(=O)N(C)C)c(C)c3)c3nc(-c4cc(C)c5c(c4)CN(CCC(=O)CC[C@@H](C)O)CC5)cnc32)cc1. The van der Waals surface area contributed by atoms with Gasteiger partial charge in [-0.1, -0.05) is 29.8 Å². The Bertz CT molecular complexity index is 2240. The molecular formula is C40H45N5O5S. The van der Waals surface area contributed by atoms with Gasteiger partial charge in [-0.25, -0.2) is 22.4 Å². The number of nitrogens with zero attached hydrogens (tertiary/aromatic N) is 5. The predicted octanol–water partition coefficient (Wildman–Crippen LogP) is 6.11. The summed E-state index contributed by atoms with van der Waals surface area (Å²) >= 11 is 0. The maximum atomic E-state index is 14.0. The van der Waals surface area contributed by atoms with Gasteiger partial charge in [-0.2, -0.15) is 0 Å². The van der Waals surface area contributed by atoms with E-state index in [2.05, 4.69) is 24.0 Å². The molecule has 1 aliphatic heterocycles. The molecule has 3 heterocycles. The van der Waals surface area contributed by atoms with E-state index in [9.17, 15) is 23.1 Å². The molecule has 1 atom stereocenters. The third-order valence-corrected chi connectivity index (χ3v) is 11.4. The van der Waals surface area contributed by atoms with E-state index in [0.717, 1.165) is 40.8 Å². The second kappa shape index (κ2) is 14.5. The topological polar surface area (TPSA) is 126 Å². The van der Waals surface area contributed by atoms with Crippen LogP contribution in [0.1, 0.15) is 64.4 Å². The predicted molar refractivity (Wildman–Crippen MR) is 199 cm³/mol. The third-order valence-electron chi connectivity index (χ3n) is 9.70. The third kappa shape index (κ3) is 7.51. The van der Waals surface area contributed by atoms with Gasteiger partial charge in [0.25, 0.3) is 15.9 Å². The average molecular weight is 708 g/mol. The molecule has 0 unspecified atom stereocenters. The smallest absolute Gasteiger partial charge is 0.269 e. The van der Waals surface area contributed by atoms with Crippen LogP contribution in [-0.2, 0) is 27.8 Å². The Morgan fingerprint density at radius 1 is 0.961 bits per heavy atom. The fourth-order valence-electron chi connectivity index (χ4n) is 6.73. The van der Waals surface area contributed by atoms with Crippen molar-refractivity contribution in [2.75, 3.05) is 27.2 Å². The van der Waals surface area contributed by atoms with E-state index in [4.69, 9.17) is 9.97 Å². The van der Waals surface area contributed by atoms with Crippen LogP contribution in [-0.4, -0.2) is 82.2 Å². The Balaban J connectivity index is 1.41. The fourth-order valence-corrected chi connectivity index (χ4v) is 8.04. The number of ketones is 1. The first-order valence-electron chi connectivity index (χ1n) is 17.3. The number of benzene rings is 3. The van der Waals surface area contributed by atoms with Gasteiger partial charge in [0.1, 0.15) is 11.3 Å². The molecule has 1 amide bonds. The molecule has 2 aromatic heterocycles.